The van der Waals surface area contributed by atoms with Gasteiger partial charge >= 0.3 is 0 Å². The number of carbonyl (C=O) groups is 1. The van der Waals surface area contributed by atoms with Crippen LogP contribution in [0.1, 0.15) is 16.9 Å². The van der Waals surface area contributed by atoms with Crippen molar-refractivity contribution >= 4 is 23.1 Å². The van der Waals surface area contributed by atoms with Gasteiger partial charge in [0, 0.05) is 24.2 Å². The summed E-state index contributed by atoms with van der Waals surface area (Å²) in [7, 11) is 0. The minimum atomic E-state index is 0.109. The van der Waals surface area contributed by atoms with E-state index in [1.54, 1.807) is 11.3 Å². The molecule has 128 valence electrons. The standard InChI is InChI=1S/C18H24N4OS/c1-14-4-5-17(19-9-14)20-10-15-6-7-22(12-15)13-18(23)21-11-16-3-2-8-24-16/h2-5,8-9,15H,6-7,10-13H2,1H3,(H,19,20)(H,21,23)/t15-/m0/s1. The summed E-state index contributed by atoms with van der Waals surface area (Å²) in [6, 6.07) is 8.13. The number of nitrogens with zero attached hydrogens (tertiary/aromatic N) is 2. The van der Waals surface area contributed by atoms with Crippen LogP contribution in [-0.4, -0.2) is 42.0 Å². The molecule has 24 heavy (non-hydrogen) atoms. The Morgan fingerprint density at radius 2 is 2.33 bits per heavy atom. The largest absolute Gasteiger partial charge is 0.370 e. The molecule has 0 radical (unpaired) electrons. The molecule has 1 fully saturated rings. The molecule has 1 saturated heterocycles. The maximum Gasteiger partial charge on any atom is 0.234 e. The molecular formula is C18H24N4OS. The molecule has 3 rings (SSSR count). The summed E-state index contributed by atoms with van der Waals surface area (Å²) in [5.74, 6) is 1.60. The third-order valence-corrected chi connectivity index (χ3v) is 5.14. The SMILES string of the molecule is Cc1ccc(NC[C@@H]2CCN(CC(=O)NCc3cccs3)C2)nc1. The first-order valence-electron chi connectivity index (χ1n) is 8.37. The first-order valence-corrected chi connectivity index (χ1v) is 9.25. The molecule has 0 unspecified atom stereocenters. The molecule has 1 atom stereocenters. The number of hydrogen-bond donors (Lipinski definition) is 2. The fraction of sp³-hybridized carbons (Fsp3) is 0.444. The summed E-state index contributed by atoms with van der Waals surface area (Å²) in [5.41, 5.74) is 1.17. The smallest absolute Gasteiger partial charge is 0.234 e. The number of likely N-dealkylation sites (tertiary alicyclic amines) is 1. The van der Waals surface area contributed by atoms with Crippen LogP contribution in [0.15, 0.2) is 35.8 Å². The zero-order valence-corrected chi connectivity index (χ0v) is 14.8. The van der Waals surface area contributed by atoms with Crippen molar-refractivity contribution in [2.75, 3.05) is 31.5 Å². The van der Waals surface area contributed by atoms with Gasteiger partial charge in [0.15, 0.2) is 0 Å². The van der Waals surface area contributed by atoms with Gasteiger partial charge in [-0.2, -0.15) is 0 Å². The van der Waals surface area contributed by atoms with Gasteiger partial charge in [-0.15, -0.1) is 11.3 Å². The van der Waals surface area contributed by atoms with Crippen LogP contribution in [0.4, 0.5) is 5.82 Å². The van der Waals surface area contributed by atoms with Gasteiger partial charge < -0.3 is 10.6 Å². The van der Waals surface area contributed by atoms with Crippen LogP contribution < -0.4 is 10.6 Å². The summed E-state index contributed by atoms with van der Waals surface area (Å²) in [4.78, 5) is 19.8. The Bertz CT molecular complexity index is 642. The Morgan fingerprint density at radius 3 is 3.08 bits per heavy atom. The van der Waals surface area contributed by atoms with Crippen LogP contribution in [0.2, 0.25) is 0 Å². The molecule has 1 aliphatic rings. The van der Waals surface area contributed by atoms with Gasteiger partial charge in [0.05, 0.1) is 13.1 Å². The van der Waals surface area contributed by atoms with Crippen molar-refractivity contribution in [3.8, 4) is 0 Å². The lowest BCUT2D eigenvalue weighted by Gasteiger charge is -2.16. The number of thiophene rings is 1. The maximum absolute atomic E-state index is 12.0. The van der Waals surface area contributed by atoms with Crippen molar-refractivity contribution in [3.05, 3.63) is 46.3 Å². The molecule has 1 aliphatic heterocycles. The lowest BCUT2D eigenvalue weighted by atomic mass is 10.1. The second-order valence-electron chi connectivity index (χ2n) is 6.35. The molecule has 2 aromatic rings. The van der Waals surface area contributed by atoms with E-state index in [-0.39, 0.29) is 5.91 Å². The van der Waals surface area contributed by atoms with Crippen LogP contribution >= 0.6 is 11.3 Å². The van der Waals surface area contributed by atoms with Crippen LogP contribution in [0.5, 0.6) is 0 Å². The van der Waals surface area contributed by atoms with Crippen molar-refractivity contribution in [2.45, 2.75) is 19.9 Å². The number of aryl methyl sites for hydroxylation is 1. The lowest BCUT2D eigenvalue weighted by molar-refractivity contribution is -0.122. The van der Waals surface area contributed by atoms with Gasteiger partial charge in [-0.25, -0.2) is 4.98 Å². The zero-order chi connectivity index (χ0) is 16.8. The van der Waals surface area contributed by atoms with E-state index in [1.807, 2.05) is 36.7 Å². The monoisotopic (exact) mass is 344 g/mol. The highest BCUT2D eigenvalue weighted by molar-refractivity contribution is 7.09. The highest BCUT2D eigenvalue weighted by atomic mass is 32.1. The molecule has 2 aromatic heterocycles. The minimum Gasteiger partial charge on any atom is -0.370 e. The summed E-state index contributed by atoms with van der Waals surface area (Å²) >= 11 is 1.67. The van der Waals surface area contributed by atoms with Gasteiger partial charge in [-0.3, -0.25) is 9.69 Å². The second-order valence-corrected chi connectivity index (χ2v) is 7.38. The third-order valence-electron chi connectivity index (χ3n) is 4.26. The number of pyridine rings is 1. The summed E-state index contributed by atoms with van der Waals surface area (Å²) in [5, 5.41) is 8.42. The fourth-order valence-corrected chi connectivity index (χ4v) is 3.55. The van der Waals surface area contributed by atoms with Gasteiger partial charge in [0.2, 0.25) is 5.91 Å². The van der Waals surface area contributed by atoms with Crippen LogP contribution in [-0.2, 0) is 11.3 Å². The van der Waals surface area contributed by atoms with E-state index in [0.29, 0.717) is 19.0 Å². The number of rotatable bonds is 7. The molecule has 0 bridgehead atoms. The van der Waals surface area contributed by atoms with Crippen molar-refractivity contribution < 1.29 is 4.79 Å². The topological polar surface area (TPSA) is 57.3 Å². The predicted molar refractivity (Wildman–Crippen MR) is 98.2 cm³/mol. The van der Waals surface area contributed by atoms with Crippen LogP contribution in [0, 0.1) is 12.8 Å². The molecule has 0 saturated carbocycles. The van der Waals surface area contributed by atoms with E-state index in [0.717, 1.165) is 31.9 Å². The van der Waals surface area contributed by atoms with Crippen molar-refractivity contribution in [3.63, 3.8) is 0 Å². The Balaban J connectivity index is 1.35. The van der Waals surface area contributed by atoms with Crippen LogP contribution in [0.25, 0.3) is 0 Å². The van der Waals surface area contributed by atoms with E-state index in [4.69, 9.17) is 0 Å². The van der Waals surface area contributed by atoms with E-state index in [1.165, 1.54) is 10.4 Å². The molecule has 3 heterocycles. The number of anilines is 1. The Morgan fingerprint density at radius 1 is 1.42 bits per heavy atom. The Hall–Kier alpha value is -1.92. The number of carbonyl (C=O) groups excluding carboxylic acids is 1. The van der Waals surface area contributed by atoms with Gasteiger partial charge in [-0.1, -0.05) is 12.1 Å². The lowest BCUT2D eigenvalue weighted by Crippen LogP contribution is -2.36. The molecule has 0 aliphatic carbocycles. The van der Waals surface area contributed by atoms with E-state index < -0.39 is 0 Å². The highest BCUT2D eigenvalue weighted by Gasteiger charge is 2.23. The Kier molecular flexibility index (Phi) is 5.82. The van der Waals surface area contributed by atoms with Crippen molar-refractivity contribution in [1.82, 2.24) is 15.2 Å². The van der Waals surface area contributed by atoms with E-state index in [2.05, 4.69) is 26.6 Å². The predicted octanol–water partition coefficient (Wildman–Crippen LogP) is 2.50. The fourth-order valence-electron chi connectivity index (χ4n) is 2.90. The van der Waals surface area contributed by atoms with Gasteiger partial charge in [0.1, 0.15) is 5.82 Å². The number of hydrogen-bond acceptors (Lipinski definition) is 5. The minimum absolute atomic E-state index is 0.109. The first-order chi connectivity index (χ1) is 11.7. The normalized spacial score (nSPS) is 17.8. The average molecular weight is 344 g/mol. The average Bonchev–Trinajstić information content (AvgIpc) is 3.24. The highest BCUT2D eigenvalue weighted by Crippen LogP contribution is 2.16. The van der Waals surface area contributed by atoms with Gasteiger partial charge in [-0.05, 0) is 48.9 Å². The summed E-state index contributed by atoms with van der Waals surface area (Å²) in [6.45, 7) is 6.02. The zero-order valence-electron chi connectivity index (χ0n) is 14.0. The molecule has 0 spiro atoms. The number of aromatic nitrogens is 1. The van der Waals surface area contributed by atoms with Crippen LogP contribution in [0.3, 0.4) is 0 Å². The molecule has 5 nitrogen and oxygen atoms in total. The molecular weight excluding hydrogens is 320 g/mol. The van der Waals surface area contributed by atoms with E-state index in [9.17, 15) is 4.79 Å². The maximum atomic E-state index is 12.0. The third kappa shape index (κ3) is 5.04. The quantitative estimate of drug-likeness (QED) is 0.810. The summed E-state index contributed by atoms with van der Waals surface area (Å²) < 4.78 is 0. The molecule has 6 heteroatoms. The van der Waals surface area contributed by atoms with Crippen molar-refractivity contribution in [2.24, 2.45) is 5.92 Å². The molecule has 1 amide bonds. The Labute approximate surface area is 147 Å². The number of nitrogens with one attached hydrogen (secondary N) is 2. The molecule has 2 N–H and O–H groups in total. The number of amides is 1. The second kappa shape index (κ2) is 8.26. The summed E-state index contributed by atoms with van der Waals surface area (Å²) in [6.07, 6.45) is 3.00. The van der Waals surface area contributed by atoms with E-state index >= 15 is 0 Å². The van der Waals surface area contributed by atoms with Gasteiger partial charge in [0.25, 0.3) is 0 Å². The molecule has 0 aromatic carbocycles. The van der Waals surface area contributed by atoms with Crippen molar-refractivity contribution in [1.29, 1.82) is 0 Å². The first kappa shape index (κ1) is 16.9.